The van der Waals surface area contributed by atoms with Gasteiger partial charge in [0, 0.05) is 11.0 Å². The Morgan fingerprint density at radius 2 is 1.80 bits per heavy atom. The van der Waals surface area contributed by atoms with Gasteiger partial charge in [0.15, 0.2) is 0 Å². The van der Waals surface area contributed by atoms with Crippen LogP contribution in [-0.2, 0) is 9.63 Å². The fourth-order valence-corrected chi connectivity index (χ4v) is 1.33. The van der Waals surface area contributed by atoms with Crippen molar-refractivity contribution in [2.24, 2.45) is 0 Å². The van der Waals surface area contributed by atoms with Gasteiger partial charge in [-0.05, 0) is 12.1 Å². The normalized spacial score (nSPS) is 17.9. The van der Waals surface area contributed by atoms with Gasteiger partial charge in [0.2, 0.25) is 0 Å². The van der Waals surface area contributed by atoms with E-state index in [-0.39, 0.29) is 16.2 Å². The highest BCUT2D eigenvalue weighted by molar-refractivity contribution is 6.20. The van der Waals surface area contributed by atoms with Crippen LogP contribution in [0.4, 0.5) is 0 Å². The number of fused-ring (bicyclic) bond motifs is 1. The lowest BCUT2D eigenvalue weighted by Crippen LogP contribution is -2.31. The summed E-state index contributed by atoms with van der Waals surface area (Å²) in [5, 5.41) is 0.166. The van der Waals surface area contributed by atoms with Crippen molar-refractivity contribution in [2.45, 2.75) is 6.85 Å². The topological polar surface area (TPSA) is 63.7 Å². The lowest BCUT2D eigenvalue weighted by molar-refractivity contribution is -0.165. The van der Waals surface area contributed by atoms with Crippen molar-refractivity contribution in [3.63, 3.8) is 0 Å². The largest absolute Gasteiger partial charge is 0.330 e. The highest BCUT2D eigenvalue weighted by Crippen LogP contribution is 2.22. The molecule has 1 aromatic rings. The van der Waals surface area contributed by atoms with Gasteiger partial charge in [-0.3, -0.25) is 9.59 Å². The first kappa shape index (κ1) is 6.34. The predicted molar refractivity (Wildman–Crippen MR) is 48.7 cm³/mol. The SMILES string of the molecule is [2H]C([2H])([2H])C(=O)ON1C(=O)c2ccccc2C1=O. The Morgan fingerprint density at radius 1 is 1.27 bits per heavy atom. The van der Waals surface area contributed by atoms with Gasteiger partial charge in [-0.2, -0.15) is 0 Å². The van der Waals surface area contributed by atoms with Crippen LogP contribution in [0.15, 0.2) is 24.3 Å². The molecule has 0 aromatic heterocycles. The van der Waals surface area contributed by atoms with Gasteiger partial charge in [-0.1, -0.05) is 17.2 Å². The summed E-state index contributed by atoms with van der Waals surface area (Å²) in [5.41, 5.74) is 0.140. The van der Waals surface area contributed by atoms with Crippen molar-refractivity contribution >= 4 is 17.8 Å². The molecule has 5 heteroatoms. The van der Waals surface area contributed by atoms with Gasteiger partial charge in [0.05, 0.1) is 11.1 Å². The van der Waals surface area contributed by atoms with Crippen molar-refractivity contribution in [2.75, 3.05) is 0 Å². The fourth-order valence-electron chi connectivity index (χ4n) is 1.33. The van der Waals surface area contributed by atoms with E-state index in [4.69, 9.17) is 4.11 Å². The minimum Gasteiger partial charge on any atom is -0.330 e. The smallest absolute Gasteiger partial charge is 0.330 e. The summed E-state index contributed by atoms with van der Waals surface area (Å²) >= 11 is 0. The lowest BCUT2D eigenvalue weighted by atomic mass is 10.1. The second-order valence-electron chi connectivity index (χ2n) is 2.83. The number of hydrogen-bond donors (Lipinski definition) is 0. The molecular weight excluding hydrogens is 198 g/mol. The van der Waals surface area contributed by atoms with Gasteiger partial charge >= 0.3 is 5.97 Å². The molecule has 2 amide bonds. The third-order valence-electron chi connectivity index (χ3n) is 1.93. The minimum absolute atomic E-state index is 0.0702. The first-order chi connectivity index (χ1) is 8.32. The van der Waals surface area contributed by atoms with Crippen LogP contribution in [0.3, 0.4) is 0 Å². The zero-order valence-corrected chi connectivity index (χ0v) is 7.39. The van der Waals surface area contributed by atoms with Crippen LogP contribution in [0, 0.1) is 0 Å². The summed E-state index contributed by atoms with van der Waals surface area (Å²) in [6.45, 7) is -3.03. The zero-order chi connectivity index (χ0) is 13.5. The standard InChI is InChI=1S/C10H7NO4/c1-6(12)15-11-9(13)7-4-2-3-5-8(7)10(11)14/h2-5H,1H3/i1D3. The van der Waals surface area contributed by atoms with E-state index in [1.807, 2.05) is 0 Å². The quantitative estimate of drug-likeness (QED) is 0.639. The molecule has 1 aliphatic heterocycles. The number of rotatable bonds is 1. The maximum atomic E-state index is 11.7. The maximum Gasteiger partial charge on any atom is 0.330 e. The van der Waals surface area contributed by atoms with E-state index in [1.165, 1.54) is 12.1 Å². The van der Waals surface area contributed by atoms with Crippen molar-refractivity contribution in [3.8, 4) is 0 Å². The summed E-state index contributed by atoms with van der Waals surface area (Å²) in [6, 6.07) is 5.86. The number of hydrogen-bond acceptors (Lipinski definition) is 4. The number of carbonyl (C=O) groups excluding carboxylic acids is 3. The van der Waals surface area contributed by atoms with Crippen LogP contribution in [0.1, 0.15) is 31.7 Å². The average Bonchev–Trinajstić information content (AvgIpc) is 2.54. The minimum atomic E-state index is -3.03. The Kier molecular flexibility index (Phi) is 1.35. The number of hydroxylamine groups is 2. The van der Waals surface area contributed by atoms with Gasteiger partial charge in [0.1, 0.15) is 0 Å². The molecule has 0 bridgehead atoms. The van der Waals surface area contributed by atoms with E-state index in [0.29, 0.717) is 0 Å². The molecule has 0 radical (unpaired) electrons. The molecule has 0 saturated carbocycles. The van der Waals surface area contributed by atoms with E-state index >= 15 is 0 Å². The Hall–Kier alpha value is -2.17. The second-order valence-corrected chi connectivity index (χ2v) is 2.83. The molecule has 0 N–H and O–H groups in total. The van der Waals surface area contributed by atoms with Crippen LogP contribution in [-0.4, -0.2) is 22.8 Å². The van der Waals surface area contributed by atoms with Crippen LogP contribution in [0.5, 0.6) is 0 Å². The first-order valence-electron chi connectivity index (χ1n) is 5.52. The third kappa shape index (κ3) is 1.38. The van der Waals surface area contributed by atoms with Crippen LogP contribution >= 0.6 is 0 Å². The summed E-state index contributed by atoms with van der Waals surface area (Å²) in [6.07, 6.45) is 0. The molecule has 1 aromatic carbocycles. The van der Waals surface area contributed by atoms with Crippen molar-refractivity contribution < 1.29 is 23.3 Å². The molecule has 0 fully saturated rings. The Bertz CT molecular complexity index is 517. The summed E-state index contributed by atoms with van der Waals surface area (Å²) in [5.74, 6) is -3.33. The second kappa shape index (κ2) is 3.20. The Balaban J connectivity index is 2.27. The highest BCUT2D eigenvalue weighted by Gasteiger charge is 2.37. The van der Waals surface area contributed by atoms with Gasteiger partial charge in [-0.25, -0.2) is 4.79 Å². The molecule has 15 heavy (non-hydrogen) atoms. The molecule has 5 nitrogen and oxygen atoms in total. The molecule has 1 heterocycles. The maximum absolute atomic E-state index is 11.7. The van der Waals surface area contributed by atoms with E-state index in [2.05, 4.69) is 4.84 Å². The zero-order valence-electron chi connectivity index (χ0n) is 10.4. The van der Waals surface area contributed by atoms with Crippen molar-refractivity contribution in [1.82, 2.24) is 5.06 Å². The Labute approximate surface area is 89.4 Å². The number of amides is 2. The monoisotopic (exact) mass is 208 g/mol. The molecule has 1 aliphatic rings. The third-order valence-corrected chi connectivity index (χ3v) is 1.93. The molecule has 76 valence electrons. The van der Waals surface area contributed by atoms with Crippen LogP contribution in [0.25, 0.3) is 0 Å². The van der Waals surface area contributed by atoms with Crippen LogP contribution < -0.4 is 0 Å². The summed E-state index contributed by atoms with van der Waals surface area (Å²) < 4.78 is 20.4. The van der Waals surface area contributed by atoms with E-state index in [9.17, 15) is 14.4 Å². The number of carbonyl (C=O) groups is 3. The van der Waals surface area contributed by atoms with Crippen molar-refractivity contribution in [1.29, 1.82) is 0 Å². The Morgan fingerprint density at radius 3 is 2.27 bits per heavy atom. The molecule has 0 atom stereocenters. The summed E-state index contributed by atoms with van der Waals surface area (Å²) in [4.78, 5) is 38.9. The summed E-state index contributed by atoms with van der Waals surface area (Å²) in [7, 11) is 0. The van der Waals surface area contributed by atoms with Crippen molar-refractivity contribution in [3.05, 3.63) is 35.4 Å². The number of imide groups is 1. The fraction of sp³-hybridized carbons (Fsp3) is 0.100. The molecule has 0 unspecified atom stereocenters. The van der Waals surface area contributed by atoms with E-state index in [0.717, 1.165) is 0 Å². The molecule has 0 spiro atoms. The lowest BCUT2D eigenvalue weighted by Gasteiger charge is -2.10. The molecule has 0 aliphatic carbocycles. The van der Waals surface area contributed by atoms with Gasteiger partial charge in [0.25, 0.3) is 11.8 Å². The van der Waals surface area contributed by atoms with Gasteiger partial charge < -0.3 is 4.84 Å². The first-order valence-corrected chi connectivity index (χ1v) is 4.02. The number of nitrogens with zero attached hydrogens (tertiary/aromatic N) is 1. The highest BCUT2D eigenvalue weighted by atomic mass is 16.7. The van der Waals surface area contributed by atoms with Gasteiger partial charge in [-0.15, -0.1) is 0 Å². The molecular formula is C10H7NO4. The predicted octanol–water partition coefficient (Wildman–Crippen LogP) is 0.761. The van der Waals surface area contributed by atoms with E-state index in [1.54, 1.807) is 12.1 Å². The molecule has 0 saturated heterocycles. The van der Waals surface area contributed by atoms with E-state index < -0.39 is 24.6 Å². The molecule has 2 rings (SSSR count). The average molecular weight is 208 g/mol. The van der Waals surface area contributed by atoms with Crippen LogP contribution in [0.2, 0.25) is 0 Å². The number of benzene rings is 1.